The van der Waals surface area contributed by atoms with E-state index in [1.165, 1.54) is 81.8 Å². The lowest BCUT2D eigenvalue weighted by Gasteiger charge is -2.52. The molecule has 0 aromatic carbocycles. The molecule has 0 heteroatoms. The van der Waals surface area contributed by atoms with Crippen molar-refractivity contribution in [3.05, 3.63) is 47.6 Å². The molecule has 0 aromatic rings. The first-order valence-electron chi connectivity index (χ1n) is 16.1. The molecule has 0 nitrogen and oxygen atoms in total. The molecule has 0 aromatic heterocycles. The van der Waals surface area contributed by atoms with Gasteiger partial charge in [0, 0.05) is 0 Å². The van der Waals surface area contributed by atoms with Crippen molar-refractivity contribution in [1.82, 2.24) is 0 Å². The SMILES string of the molecule is C=C(C)CC=CCC=CC(=C(C)C)C(C)CC1CCC(C)C(CC)(CCCCC(C)(CC)CCC)C1C. The Morgan fingerprint density at radius 1 is 1.00 bits per heavy atom. The topological polar surface area (TPSA) is 0 Å². The Morgan fingerprint density at radius 2 is 1.70 bits per heavy atom. The van der Waals surface area contributed by atoms with E-state index in [1.807, 2.05) is 0 Å². The highest BCUT2D eigenvalue weighted by Gasteiger charge is 2.45. The van der Waals surface area contributed by atoms with Gasteiger partial charge in [-0.05, 0) is 119 Å². The van der Waals surface area contributed by atoms with E-state index in [2.05, 4.69) is 100 Å². The molecule has 0 aliphatic heterocycles. The molecule has 0 amide bonds. The Hall–Kier alpha value is -1.04. The van der Waals surface area contributed by atoms with Gasteiger partial charge in [-0.25, -0.2) is 0 Å². The maximum atomic E-state index is 3.99. The van der Waals surface area contributed by atoms with Crippen molar-refractivity contribution >= 4 is 0 Å². The van der Waals surface area contributed by atoms with Crippen LogP contribution >= 0.6 is 0 Å². The molecule has 37 heavy (non-hydrogen) atoms. The third-order valence-electron chi connectivity index (χ3n) is 10.6. The standard InChI is InChI=1S/C37H66/c1-12-25-36(11,13-2)26-19-20-27-37(14-3)32(9)23-24-34(33(37)10)28-31(8)35(30(6)7)22-18-16-15-17-21-29(4)5/h15,17-18,22,31-34H,4,12-14,16,19-21,23-28H2,1-3,5-11H3. The summed E-state index contributed by atoms with van der Waals surface area (Å²) in [5, 5.41) is 0. The Bertz CT molecular complexity index is 744. The fourth-order valence-corrected chi connectivity index (χ4v) is 7.71. The first-order chi connectivity index (χ1) is 17.5. The second kappa shape index (κ2) is 16.8. The summed E-state index contributed by atoms with van der Waals surface area (Å²) in [6.45, 7) is 28.2. The third kappa shape index (κ3) is 10.6. The van der Waals surface area contributed by atoms with E-state index in [1.54, 1.807) is 5.57 Å². The van der Waals surface area contributed by atoms with E-state index in [0.29, 0.717) is 16.7 Å². The molecule has 0 heterocycles. The summed E-state index contributed by atoms with van der Waals surface area (Å²) in [4.78, 5) is 0. The van der Waals surface area contributed by atoms with Gasteiger partial charge in [0.25, 0.3) is 0 Å². The van der Waals surface area contributed by atoms with E-state index in [0.717, 1.165) is 30.6 Å². The predicted molar refractivity (Wildman–Crippen MR) is 170 cm³/mol. The number of hydrogen-bond acceptors (Lipinski definition) is 0. The molecule has 1 aliphatic rings. The van der Waals surface area contributed by atoms with E-state index in [-0.39, 0.29) is 0 Å². The first-order valence-corrected chi connectivity index (χ1v) is 16.1. The predicted octanol–water partition coefficient (Wildman–Crippen LogP) is 12.7. The fourth-order valence-electron chi connectivity index (χ4n) is 7.71. The van der Waals surface area contributed by atoms with Crippen LogP contribution in [0.3, 0.4) is 0 Å². The lowest BCUT2D eigenvalue weighted by Crippen LogP contribution is -2.43. The van der Waals surface area contributed by atoms with Crippen molar-refractivity contribution in [2.24, 2.45) is 34.5 Å². The molecule has 1 saturated carbocycles. The van der Waals surface area contributed by atoms with Crippen molar-refractivity contribution in [3.8, 4) is 0 Å². The highest BCUT2D eigenvalue weighted by molar-refractivity contribution is 5.26. The summed E-state index contributed by atoms with van der Waals surface area (Å²) in [6, 6.07) is 0. The van der Waals surface area contributed by atoms with Crippen molar-refractivity contribution in [2.75, 3.05) is 0 Å². The molecule has 214 valence electrons. The molecule has 0 N–H and O–H groups in total. The highest BCUT2D eigenvalue weighted by Crippen LogP contribution is 2.55. The van der Waals surface area contributed by atoms with Crippen LogP contribution in [0.25, 0.3) is 0 Å². The molecule has 0 spiro atoms. The van der Waals surface area contributed by atoms with Crippen LogP contribution in [-0.2, 0) is 0 Å². The second-order valence-electron chi connectivity index (χ2n) is 13.6. The fraction of sp³-hybridized carbons (Fsp3) is 0.784. The molecule has 1 fully saturated rings. The minimum absolute atomic E-state index is 0.533. The summed E-state index contributed by atoms with van der Waals surface area (Å²) in [6.07, 6.45) is 26.6. The molecule has 0 saturated heterocycles. The van der Waals surface area contributed by atoms with Gasteiger partial charge in [0.05, 0.1) is 0 Å². The summed E-state index contributed by atoms with van der Waals surface area (Å²) < 4.78 is 0. The van der Waals surface area contributed by atoms with Gasteiger partial charge in [0.15, 0.2) is 0 Å². The van der Waals surface area contributed by atoms with Crippen LogP contribution in [-0.4, -0.2) is 0 Å². The van der Waals surface area contributed by atoms with Crippen LogP contribution in [0.15, 0.2) is 47.6 Å². The van der Waals surface area contributed by atoms with Crippen LogP contribution in [0.1, 0.15) is 153 Å². The highest BCUT2D eigenvalue weighted by atomic mass is 14.5. The zero-order valence-corrected chi connectivity index (χ0v) is 27.0. The van der Waals surface area contributed by atoms with Crippen molar-refractivity contribution in [2.45, 2.75) is 153 Å². The van der Waals surface area contributed by atoms with E-state index < -0.39 is 0 Å². The zero-order chi connectivity index (χ0) is 28.1. The summed E-state index contributed by atoms with van der Waals surface area (Å²) in [5.41, 5.74) is 5.37. The van der Waals surface area contributed by atoms with Gasteiger partial charge in [-0.15, -0.1) is 0 Å². The maximum absolute atomic E-state index is 3.99. The van der Waals surface area contributed by atoms with Crippen LogP contribution in [0, 0.1) is 34.5 Å². The van der Waals surface area contributed by atoms with Crippen LogP contribution in [0.2, 0.25) is 0 Å². The molecule has 6 unspecified atom stereocenters. The van der Waals surface area contributed by atoms with Crippen LogP contribution in [0.4, 0.5) is 0 Å². The van der Waals surface area contributed by atoms with Gasteiger partial charge in [0.1, 0.15) is 0 Å². The lowest BCUT2D eigenvalue weighted by molar-refractivity contribution is -0.0206. The van der Waals surface area contributed by atoms with Crippen LogP contribution < -0.4 is 0 Å². The molecule has 0 bridgehead atoms. The molecular formula is C37H66. The molecule has 0 radical (unpaired) electrons. The molecule has 1 aliphatic carbocycles. The zero-order valence-electron chi connectivity index (χ0n) is 27.0. The first kappa shape index (κ1) is 34.0. The van der Waals surface area contributed by atoms with E-state index in [4.69, 9.17) is 0 Å². The smallest absolute Gasteiger partial charge is 0.0144 e. The Labute approximate surface area is 234 Å². The van der Waals surface area contributed by atoms with Gasteiger partial charge < -0.3 is 0 Å². The largest absolute Gasteiger partial charge is 0.0998 e. The third-order valence-corrected chi connectivity index (χ3v) is 10.6. The Morgan fingerprint density at radius 3 is 2.27 bits per heavy atom. The van der Waals surface area contributed by atoms with Gasteiger partial charge in [-0.2, -0.15) is 0 Å². The molecular weight excluding hydrogens is 444 g/mol. The lowest BCUT2D eigenvalue weighted by atomic mass is 9.53. The Balaban J connectivity index is 2.84. The number of rotatable bonds is 17. The van der Waals surface area contributed by atoms with Crippen molar-refractivity contribution < 1.29 is 0 Å². The number of hydrogen-bond donors (Lipinski definition) is 0. The monoisotopic (exact) mass is 511 g/mol. The summed E-state index contributed by atoms with van der Waals surface area (Å²) >= 11 is 0. The minimum Gasteiger partial charge on any atom is -0.0998 e. The van der Waals surface area contributed by atoms with Crippen molar-refractivity contribution in [3.63, 3.8) is 0 Å². The summed E-state index contributed by atoms with van der Waals surface area (Å²) in [5.74, 6) is 3.17. The molecule has 1 rings (SSSR count). The van der Waals surface area contributed by atoms with Gasteiger partial charge in [-0.1, -0.05) is 116 Å². The number of allylic oxidation sites excluding steroid dienone is 7. The normalized spacial score (nSPS) is 26.9. The van der Waals surface area contributed by atoms with Crippen LogP contribution in [0.5, 0.6) is 0 Å². The average molecular weight is 511 g/mol. The van der Waals surface area contributed by atoms with Gasteiger partial charge >= 0.3 is 0 Å². The summed E-state index contributed by atoms with van der Waals surface area (Å²) in [7, 11) is 0. The second-order valence-corrected chi connectivity index (χ2v) is 13.6. The average Bonchev–Trinajstić information content (AvgIpc) is 2.84. The Kier molecular flexibility index (Phi) is 15.5. The quantitative estimate of drug-likeness (QED) is 0.104. The van der Waals surface area contributed by atoms with E-state index in [9.17, 15) is 0 Å². The maximum Gasteiger partial charge on any atom is -0.0144 e. The minimum atomic E-state index is 0.533. The molecule has 6 atom stereocenters. The number of unbranched alkanes of at least 4 members (excludes halogenated alkanes) is 1. The van der Waals surface area contributed by atoms with Gasteiger partial charge in [-0.3, -0.25) is 0 Å². The van der Waals surface area contributed by atoms with Gasteiger partial charge in [0.2, 0.25) is 0 Å². The van der Waals surface area contributed by atoms with Crippen molar-refractivity contribution in [1.29, 1.82) is 0 Å². The van der Waals surface area contributed by atoms with E-state index >= 15 is 0 Å².